The van der Waals surface area contributed by atoms with E-state index in [9.17, 15) is 30.0 Å². The van der Waals surface area contributed by atoms with Crippen molar-refractivity contribution in [2.24, 2.45) is 11.8 Å². The molecule has 0 bridgehead atoms. The number of nitrogens with one attached hydrogen (secondary N) is 2. The quantitative estimate of drug-likeness (QED) is 0.0719. The minimum atomic E-state index is -1.83. The van der Waals surface area contributed by atoms with Gasteiger partial charge in [0.2, 0.25) is 5.91 Å². The molecule has 8 atom stereocenters. The zero-order valence-corrected chi connectivity index (χ0v) is 26.2. The van der Waals surface area contributed by atoms with Gasteiger partial charge in [0.15, 0.2) is 16.8 Å². The van der Waals surface area contributed by atoms with Gasteiger partial charge < -0.3 is 49.6 Å². The van der Waals surface area contributed by atoms with Gasteiger partial charge in [-0.2, -0.15) is 0 Å². The summed E-state index contributed by atoms with van der Waals surface area (Å²) in [5.41, 5.74) is 1.24. The van der Waals surface area contributed by atoms with Gasteiger partial charge in [-0.25, -0.2) is 9.78 Å². The minimum absolute atomic E-state index is 0.0115. The molecule has 0 saturated carbocycles. The topological polar surface area (TPSA) is 209 Å². The highest BCUT2D eigenvalue weighted by molar-refractivity contribution is 5.91. The SMILES string of the molecule is Cc1cc(=O)c2cc3c(c(-n4cc5cc[nH]c5c4)c2o1)OC1(CC=CC(C2CNC(=O)C2)C1)C(OOCC(O)C(O)C(O)C(O)CO)C3. The van der Waals surface area contributed by atoms with E-state index < -0.39 is 49.3 Å². The van der Waals surface area contributed by atoms with Crippen LogP contribution in [0.25, 0.3) is 27.6 Å². The number of rotatable bonds is 10. The number of aromatic amines is 1. The maximum atomic E-state index is 13.3. The highest BCUT2D eigenvalue weighted by Crippen LogP contribution is 2.49. The molecule has 4 aromatic rings. The Kier molecular flexibility index (Phi) is 8.66. The molecule has 2 aliphatic heterocycles. The first kappa shape index (κ1) is 32.5. The van der Waals surface area contributed by atoms with E-state index >= 15 is 0 Å². The van der Waals surface area contributed by atoms with E-state index in [0.717, 1.165) is 10.9 Å². The Hall–Kier alpha value is -4.02. The van der Waals surface area contributed by atoms with Crippen LogP contribution in [0.2, 0.25) is 0 Å². The van der Waals surface area contributed by atoms with E-state index in [2.05, 4.69) is 16.4 Å². The molecule has 14 heteroatoms. The molecule has 1 aromatic carbocycles. The lowest BCUT2D eigenvalue weighted by atomic mass is 9.71. The van der Waals surface area contributed by atoms with E-state index in [1.807, 2.05) is 35.3 Å². The third-order valence-electron chi connectivity index (χ3n) is 9.85. The smallest absolute Gasteiger partial charge is 0.220 e. The molecule has 1 spiro atoms. The van der Waals surface area contributed by atoms with E-state index in [1.54, 1.807) is 13.0 Å². The predicted molar refractivity (Wildman–Crippen MR) is 170 cm³/mol. The van der Waals surface area contributed by atoms with Crippen molar-refractivity contribution in [1.29, 1.82) is 0 Å². The van der Waals surface area contributed by atoms with Crippen LogP contribution in [-0.4, -0.2) is 96.9 Å². The zero-order valence-electron chi connectivity index (χ0n) is 26.2. The molecule has 1 aliphatic carbocycles. The number of carbonyl (C=O) groups is 1. The van der Waals surface area contributed by atoms with Crippen LogP contribution in [0, 0.1) is 18.8 Å². The lowest BCUT2D eigenvalue weighted by molar-refractivity contribution is -0.363. The van der Waals surface area contributed by atoms with E-state index in [-0.39, 0.29) is 29.6 Å². The second kappa shape index (κ2) is 12.8. The van der Waals surface area contributed by atoms with Crippen LogP contribution >= 0.6 is 0 Å². The Bertz CT molecular complexity index is 1880. The number of fused-ring (bicyclic) bond motifs is 3. The molecule has 3 aliphatic rings. The number of benzene rings is 1. The van der Waals surface area contributed by atoms with Gasteiger partial charge in [0, 0.05) is 61.4 Å². The van der Waals surface area contributed by atoms with Gasteiger partial charge >= 0.3 is 0 Å². The Morgan fingerprint density at radius 1 is 1.10 bits per heavy atom. The van der Waals surface area contributed by atoms with Crippen molar-refractivity contribution in [1.82, 2.24) is 14.9 Å². The fourth-order valence-electron chi connectivity index (χ4n) is 7.22. The van der Waals surface area contributed by atoms with Crippen molar-refractivity contribution >= 4 is 27.8 Å². The Balaban J connectivity index is 1.28. The summed E-state index contributed by atoms with van der Waals surface area (Å²) in [6, 6.07) is 5.11. The molecule has 5 heterocycles. The number of aliphatic hydroxyl groups is 5. The summed E-state index contributed by atoms with van der Waals surface area (Å²) in [7, 11) is 0. The summed E-state index contributed by atoms with van der Waals surface area (Å²) in [5, 5.41) is 53.8. The van der Waals surface area contributed by atoms with Gasteiger partial charge in [-0.1, -0.05) is 12.2 Å². The Labute approximate surface area is 274 Å². The summed E-state index contributed by atoms with van der Waals surface area (Å²) in [4.78, 5) is 40.1. The van der Waals surface area contributed by atoms with Crippen LogP contribution in [0.3, 0.4) is 0 Å². The third-order valence-corrected chi connectivity index (χ3v) is 9.85. The molecular weight excluding hydrogens is 626 g/mol. The second-order valence-electron chi connectivity index (χ2n) is 13.1. The minimum Gasteiger partial charge on any atom is -0.481 e. The Morgan fingerprint density at radius 3 is 2.67 bits per heavy atom. The number of ether oxygens (including phenoxy) is 1. The third kappa shape index (κ3) is 5.83. The van der Waals surface area contributed by atoms with Crippen molar-refractivity contribution in [2.45, 2.75) is 68.7 Å². The number of allylic oxidation sites excluding steroid dienone is 1. The maximum Gasteiger partial charge on any atom is 0.220 e. The molecule has 0 radical (unpaired) electrons. The summed E-state index contributed by atoms with van der Waals surface area (Å²) >= 11 is 0. The second-order valence-corrected chi connectivity index (χ2v) is 13.1. The van der Waals surface area contributed by atoms with Crippen molar-refractivity contribution in [2.75, 3.05) is 19.8 Å². The number of nitrogens with zero attached hydrogens (tertiary/aromatic N) is 1. The van der Waals surface area contributed by atoms with Crippen LogP contribution in [0.1, 0.15) is 30.6 Å². The molecule has 48 heavy (non-hydrogen) atoms. The summed E-state index contributed by atoms with van der Waals surface area (Å²) in [6.07, 6.45) is 3.53. The number of hydrogen-bond acceptors (Lipinski definition) is 11. The monoisotopic (exact) mass is 665 g/mol. The molecule has 14 nitrogen and oxygen atoms in total. The largest absolute Gasteiger partial charge is 0.481 e. The fraction of sp³-hybridized carbons (Fsp3) is 0.471. The molecule has 1 fully saturated rings. The van der Waals surface area contributed by atoms with Gasteiger partial charge in [-0.15, -0.1) is 0 Å². The molecule has 3 aromatic heterocycles. The van der Waals surface area contributed by atoms with Gasteiger partial charge in [0.25, 0.3) is 0 Å². The number of hydrogen-bond donors (Lipinski definition) is 7. The van der Waals surface area contributed by atoms with Gasteiger partial charge in [0.05, 0.1) is 17.5 Å². The van der Waals surface area contributed by atoms with Crippen LogP contribution in [0.4, 0.5) is 0 Å². The normalized spacial score (nSPS) is 26.4. The molecule has 7 rings (SSSR count). The molecule has 1 saturated heterocycles. The fourth-order valence-corrected chi connectivity index (χ4v) is 7.22. The number of aryl methyl sites for hydroxylation is 1. The first-order valence-corrected chi connectivity index (χ1v) is 16.1. The van der Waals surface area contributed by atoms with Crippen LogP contribution in [0.5, 0.6) is 5.75 Å². The van der Waals surface area contributed by atoms with E-state index in [0.29, 0.717) is 59.5 Å². The molecule has 8 unspecified atom stereocenters. The highest BCUT2D eigenvalue weighted by atomic mass is 17.2. The average Bonchev–Trinajstić information content (AvgIpc) is 3.80. The van der Waals surface area contributed by atoms with E-state index in [1.165, 1.54) is 6.07 Å². The summed E-state index contributed by atoms with van der Waals surface area (Å²) in [6.45, 7) is 0.867. The first-order valence-electron chi connectivity index (χ1n) is 16.1. The van der Waals surface area contributed by atoms with E-state index in [4.69, 9.17) is 24.0 Å². The lowest BCUT2D eigenvalue weighted by Gasteiger charge is -2.47. The van der Waals surface area contributed by atoms with Crippen molar-refractivity contribution in [3.05, 3.63) is 70.5 Å². The predicted octanol–water partition coefficient (Wildman–Crippen LogP) is 0.902. The standard InChI is InChI=1S/C34H39N3O11/c1-17-7-24(39)22-8-20-9-27(48-45-16-26(41)31(44)30(43)25(40)15-38)34(5-2-3-18(11-34)21-10-28(42)36-12-21)47-32(20)29(33(22)46-17)37-13-19-4-6-35-23(19)14-37/h2-4,6-8,13-14,18,21,25-27,30-31,35,38,40-41,43-44H,5,9-12,15-16H2,1H3,(H,36,42). The van der Waals surface area contributed by atoms with Crippen LogP contribution in [-0.2, 0) is 21.0 Å². The molecular formula is C34H39N3O11. The number of amides is 1. The molecule has 7 N–H and O–H groups in total. The Morgan fingerprint density at radius 2 is 1.92 bits per heavy atom. The number of aliphatic hydroxyl groups excluding tert-OH is 5. The van der Waals surface area contributed by atoms with Crippen LogP contribution in [0.15, 0.2) is 58.2 Å². The lowest BCUT2D eigenvalue weighted by Crippen LogP contribution is -2.55. The number of carbonyl (C=O) groups excluding carboxylic acids is 1. The maximum absolute atomic E-state index is 13.3. The average molecular weight is 666 g/mol. The summed E-state index contributed by atoms with van der Waals surface area (Å²) < 4.78 is 15.2. The molecule has 256 valence electrons. The first-order chi connectivity index (χ1) is 23.1. The summed E-state index contributed by atoms with van der Waals surface area (Å²) in [5.74, 6) is 0.947. The highest BCUT2D eigenvalue weighted by Gasteiger charge is 2.51. The van der Waals surface area contributed by atoms with Gasteiger partial charge in [-0.05, 0) is 37.3 Å². The zero-order chi connectivity index (χ0) is 33.7. The van der Waals surface area contributed by atoms with Gasteiger partial charge in [-0.3, -0.25) is 9.59 Å². The van der Waals surface area contributed by atoms with Crippen molar-refractivity contribution < 1.29 is 49.3 Å². The van der Waals surface area contributed by atoms with Gasteiger partial charge in [0.1, 0.15) is 54.2 Å². The number of aromatic nitrogens is 2. The van der Waals surface area contributed by atoms with Crippen molar-refractivity contribution in [3.8, 4) is 11.4 Å². The molecule has 1 amide bonds. The number of H-pyrrole nitrogens is 1. The van der Waals surface area contributed by atoms with Crippen LogP contribution < -0.4 is 15.5 Å². The van der Waals surface area contributed by atoms with Crippen molar-refractivity contribution in [3.63, 3.8) is 0 Å².